The van der Waals surface area contributed by atoms with Gasteiger partial charge in [0.05, 0.1) is 4.90 Å². The average Bonchev–Trinajstić information content (AvgIpc) is 2.70. The molecule has 1 aromatic carbocycles. The number of tetrazole rings is 1. The summed E-state index contributed by atoms with van der Waals surface area (Å²) in [7, 11) is 3.55. The lowest BCUT2D eigenvalue weighted by Crippen LogP contribution is -2.07. The van der Waals surface area contributed by atoms with Crippen molar-refractivity contribution in [3.63, 3.8) is 0 Å². The number of rotatable bonds is 4. The van der Waals surface area contributed by atoms with Gasteiger partial charge in [-0.25, -0.2) is 9.07 Å². The van der Waals surface area contributed by atoms with Crippen molar-refractivity contribution < 1.29 is 4.39 Å². The lowest BCUT2D eigenvalue weighted by Gasteiger charge is -2.08. The highest BCUT2D eigenvalue weighted by Crippen LogP contribution is 2.30. The molecule has 0 saturated heterocycles. The monoisotopic (exact) mass is 253 g/mol. The first-order chi connectivity index (χ1) is 8.22. The Morgan fingerprint density at radius 3 is 2.94 bits per heavy atom. The number of hydrogen-bond donors (Lipinski definition) is 1. The van der Waals surface area contributed by atoms with Crippen LogP contribution < -0.4 is 5.32 Å². The van der Waals surface area contributed by atoms with E-state index in [0.29, 0.717) is 16.6 Å². The highest BCUT2D eigenvalue weighted by Gasteiger charge is 2.13. The quantitative estimate of drug-likeness (QED) is 0.888. The molecular formula is C10H12FN5S. The standard InChI is InChI=1S/C10H12FN5S/c1-12-6-7-4-3-5-8(11)9(7)17-10-13-14-15-16(10)2/h3-5,12H,6H2,1-2H3. The molecular weight excluding hydrogens is 241 g/mol. The van der Waals surface area contributed by atoms with Gasteiger partial charge in [0, 0.05) is 13.6 Å². The predicted octanol–water partition coefficient (Wildman–Crippen LogP) is 1.22. The Kier molecular flexibility index (Phi) is 3.70. The van der Waals surface area contributed by atoms with Crippen LogP contribution >= 0.6 is 11.8 Å². The second-order valence-corrected chi connectivity index (χ2v) is 4.42. The molecule has 0 aliphatic heterocycles. The third kappa shape index (κ3) is 2.62. The first-order valence-electron chi connectivity index (χ1n) is 5.04. The highest BCUT2D eigenvalue weighted by molar-refractivity contribution is 7.99. The fourth-order valence-electron chi connectivity index (χ4n) is 1.40. The molecule has 2 aromatic rings. The van der Waals surface area contributed by atoms with Crippen LogP contribution in [-0.4, -0.2) is 27.3 Å². The Bertz CT molecular complexity index is 513. The maximum absolute atomic E-state index is 13.8. The van der Waals surface area contributed by atoms with Gasteiger partial charge in [-0.15, -0.1) is 5.10 Å². The van der Waals surface area contributed by atoms with Gasteiger partial charge in [0.1, 0.15) is 5.82 Å². The largest absolute Gasteiger partial charge is 0.316 e. The van der Waals surface area contributed by atoms with E-state index in [-0.39, 0.29) is 5.82 Å². The number of hydrogen-bond acceptors (Lipinski definition) is 5. The van der Waals surface area contributed by atoms with E-state index < -0.39 is 0 Å². The highest BCUT2D eigenvalue weighted by atomic mass is 32.2. The summed E-state index contributed by atoms with van der Waals surface area (Å²) in [5, 5.41) is 14.6. The number of aromatic nitrogens is 4. The first-order valence-corrected chi connectivity index (χ1v) is 5.86. The van der Waals surface area contributed by atoms with E-state index >= 15 is 0 Å². The van der Waals surface area contributed by atoms with E-state index in [2.05, 4.69) is 20.8 Å². The van der Waals surface area contributed by atoms with Crippen molar-refractivity contribution in [2.75, 3.05) is 7.05 Å². The molecule has 0 aliphatic rings. The van der Waals surface area contributed by atoms with Gasteiger partial charge in [-0.05, 0) is 40.9 Å². The van der Waals surface area contributed by atoms with Crippen molar-refractivity contribution in [2.24, 2.45) is 7.05 Å². The summed E-state index contributed by atoms with van der Waals surface area (Å²) < 4.78 is 15.3. The van der Waals surface area contributed by atoms with Crippen LogP contribution in [0.1, 0.15) is 5.56 Å². The van der Waals surface area contributed by atoms with Crippen LogP contribution in [0.4, 0.5) is 4.39 Å². The van der Waals surface area contributed by atoms with Crippen molar-refractivity contribution >= 4 is 11.8 Å². The summed E-state index contributed by atoms with van der Waals surface area (Å²) in [5.74, 6) is -0.259. The summed E-state index contributed by atoms with van der Waals surface area (Å²) in [6.45, 7) is 0.603. The molecule has 7 heteroatoms. The first kappa shape index (κ1) is 12.0. The molecule has 17 heavy (non-hydrogen) atoms. The molecule has 2 rings (SSSR count). The number of benzene rings is 1. The minimum atomic E-state index is -0.259. The SMILES string of the molecule is CNCc1cccc(F)c1Sc1nnnn1C. The van der Waals surface area contributed by atoms with E-state index in [0.717, 1.165) is 5.56 Å². The molecule has 0 saturated carbocycles. The molecule has 1 N–H and O–H groups in total. The summed E-state index contributed by atoms with van der Waals surface area (Å²) in [4.78, 5) is 0.555. The Labute approximate surface area is 102 Å². The molecule has 90 valence electrons. The molecule has 0 bridgehead atoms. The van der Waals surface area contributed by atoms with Gasteiger partial charge < -0.3 is 5.32 Å². The Morgan fingerprint density at radius 2 is 2.29 bits per heavy atom. The molecule has 1 aromatic heterocycles. The van der Waals surface area contributed by atoms with Crippen LogP contribution in [-0.2, 0) is 13.6 Å². The average molecular weight is 253 g/mol. The van der Waals surface area contributed by atoms with Crippen molar-refractivity contribution in [3.8, 4) is 0 Å². The lowest BCUT2D eigenvalue weighted by molar-refractivity contribution is 0.592. The van der Waals surface area contributed by atoms with Crippen LogP contribution in [0.25, 0.3) is 0 Å². The number of halogens is 1. The van der Waals surface area contributed by atoms with Gasteiger partial charge in [-0.3, -0.25) is 0 Å². The van der Waals surface area contributed by atoms with Gasteiger partial charge in [0.25, 0.3) is 0 Å². The minimum Gasteiger partial charge on any atom is -0.316 e. The Hall–Kier alpha value is -1.47. The fraction of sp³-hybridized carbons (Fsp3) is 0.300. The Morgan fingerprint density at radius 1 is 1.47 bits per heavy atom. The van der Waals surface area contributed by atoms with E-state index in [9.17, 15) is 4.39 Å². The molecule has 0 atom stereocenters. The zero-order chi connectivity index (χ0) is 12.3. The summed E-state index contributed by atoms with van der Waals surface area (Å²) in [5.41, 5.74) is 0.889. The second-order valence-electron chi connectivity index (χ2n) is 3.45. The molecule has 0 fully saturated rings. The van der Waals surface area contributed by atoms with Crippen LogP contribution in [0.5, 0.6) is 0 Å². The smallest absolute Gasteiger partial charge is 0.213 e. The molecule has 1 heterocycles. The van der Waals surface area contributed by atoms with Crippen LogP contribution in [0.15, 0.2) is 28.3 Å². The molecule has 0 amide bonds. The van der Waals surface area contributed by atoms with E-state index in [1.54, 1.807) is 13.1 Å². The van der Waals surface area contributed by atoms with Crippen molar-refractivity contribution in [2.45, 2.75) is 16.6 Å². The number of aryl methyl sites for hydroxylation is 1. The summed E-state index contributed by atoms with van der Waals surface area (Å²) in [6.07, 6.45) is 0. The van der Waals surface area contributed by atoms with Crippen molar-refractivity contribution in [1.82, 2.24) is 25.5 Å². The van der Waals surface area contributed by atoms with E-state index in [1.165, 1.54) is 22.5 Å². The van der Waals surface area contributed by atoms with Gasteiger partial charge in [-0.1, -0.05) is 12.1 Å². The number of nitrogens with zero attached hydrogens (tertiary/aromatic N) is 4. The van der Waals surface area contributed by atoms with Gasteiger partial charge in [-0.2, -0.15) is 0 Å². The molecule has 5 nitrogen and oxygen atoms in total. The third-order valence-corrected chi connectivity index (χ3v) is 3.38. The molecule has 0 aliphatic carbocycles. The summed E-state index contributed by atoms with van der Waals surface area (Å²) in [6, 6.07) is 5.01. The van der Waals surface area contributed by atoms with Crippen molar-refractivity contribution in [1.29, 1.82) is 0 Å². The molecule has 0 radical (unpaired) electrons. The molecule has 0 unspecified atom stereocenters. The van der Waals surface area contributed by atoms with Crippen LogP contribution in [0.2, 0.25) is 0 Å². The normalized spacial score (nSPS) is 10.8. The lowest BCUT2D eigenvalue weighted by atomic mass is 10.2. The van der Waals surface area contributed by atoms with Crippen molar-refractivity contribution in [3.05, 3.63) is 29.6 Å². The number of nitrogens with one attached hydrogen (secondary N) is 1. The van der Waals surface area contributed by atoms with Gasteiger partial charge in [0.15, 0.2) is 0 Å². The molecule has 0 spiro atoms. The zero-order valence-electron chi connectivity index (χ0n) is 9.51. The summed E-state index contributed by atoms with van der Waals surface area (Å²) >= 11 is 1.23. The van der Waals surface area contributed by atoms with Gasteiger partial charge >= 0.3 is 0 Å². The zero-order valence-corrected chi connectivity index (χ0v) is 10.3. The van der Waals surface area contributed by atoms with Crippen LogP contribution in [0.3, 0.4) is 0 Å². The Balaban J connectivity index is 2.34. The topological polar surface area (TPSA) is 55.6 Å². The van der Waals surface area contributed by atoms with E-state index in [1.807, 2.05) is 13.1 Å². The second kappa shape index (κ2) is 5.24. The maximum atomic E-state index is 13.8. The van der Waals surface area contributed by atoms with Gasteiger partial charge in [0.2, 0.25) is 5.16 Å². The minimum absolute atomic E-state index is 0.259. The van der Waals surface area contributed by atoms with Crippen LogP contribution in [0, 0.1) is 5.82 Å². The fourth-order valence-corrected chi connectivity index (χ4v) is 2.26. The maximum Gasteiger partial charge on any atom is 0.213 e. The predicted molar refractivity (Wildman–Crippen MR) is 62.1 cm³/mol. The van der Waals surface area contributed by atoms with E-state index in [4.69, 9.17) is 0 Å². The third-order valence-electron chi connectivity index (χ3n) is 2.19.